The number of carbonyl (C=O) groups is 1. The van der Waals surface area contributed by atoms with Crippen LogP contribution in [0.2, 0.25) is 0 Å². The molecule has 0 aromatic heterocycles. The van der Waals surface area contributed by atoms with Crippen LogP contribution in [-0.4, -0.2) is 5.91 Å². The number of carbonyl (C=O) groups excluding carboxylic acids is 1. The molecule has 4 heteroatoms. The van der Waals surface area contributed by atoms with Crippen molar-refractivity contribution in [2.75, 3.05) is 0 Å². The van der Waals surface area contributed by atoms with Gasteiger partial charge < -0.3 is 11.1 Å². The Bertz CT molecular complexity index is 608. The predicted octanol–water partition coefficient (Wildman–Crippen LogP) is 2.99. The first-order valence-corrected chi connectivity index (χ1v) is 7.51. The normalized spacial score (nSPS) is 10.3. The van der Waals surface area contributed by atoms with Crippen molar-refractivity contribution in [1.82, 2.24) is 5.32 Å². The molecule has 0 aliphatic heterocycles. The first-order chi connectivity index (χ1) is 9.61. The van der Waals surface area contributed by atoms with Gasteiger partial charge in [-0.05, 0) is 52.3 Å². The molecule has 2 aromatic rings. The van der Waals surface area contributed by atoms with E-state index < -0.39 is 0 Å². The molecule has 0 saturated heterocycles. The molecule has 0 atom stereocenters. The van der Waals surface area contributed by atoms with Gasteiger partial charge in [-0.3, -0.25) is 4.79 Å². The molecule has 104 valence electrons. The van der Waals surface area contributed by atoms with Crippen molar-refractivity contribution in [2.45, 2.75) is 20.0 Å². The summed E-state index contributed by atoms with van der Waals surface area (Å²) in [7, 11) is 0. The van der Waals surface area contributed by atoms with Gasteiger partial charge >= 0.3 is 0 Å². The van der Waals surface area contributed by atoms with Crippen molar-refractivity contribution >= 4 is 28.5 Å². The first kappa shape index (κ1) is 15.0. The lowest BCUT2D eigenvalue weighted by atomic mass is 10.1. The molecule has 0 aliphatic rings. The zero-order valence-corrected chi connectivity index (χ0v) is 13.5. The maximum atomic E-state index is 12.2. The Hall–Kier alpha value is -1.40. The monoisotopic (exact) mass is 380 g/mol. The number of nitrogens with two attached hydrogens (primary N) is 1. The summed E-state index contributed by atoms with van der Waals surface area (Å²) >= 11 is 2.21. The van der Waals surface area contributed by atoms with Crippen molar-refractivity contribution in [3.8, 4) is 0 Å². The highest BCUT2D eigenvalue weighted by Gasteiger charge is 2.10. The molecule has 0 heterocycles. The van der Waals surface area contributed by atoms with E-state index in [-0.39, 0.29) is 5.91 Å². The van der Waals surface area contributed by atoms with E-state index in [1.807, 2.05) is 49.4 Å². The number of rotatable bonds is 4. The predicted molar refractivity (Wildman–Crippen MR) is 89.4 cm³/mol. The van der Waals surface area contributed by atoms with Crippen molar-refractivity contribution in [2.24, 2.45) is 5.73 Å². The van der Waals surface area contributed by atoms with Crippen LogP contribution in [0.5, 0.6) is 0 Å². The van der Waals surface area contributed by atoms with Gasteiger partial charge in [0.2, 0.25) is 0 Å². The molecule has 0 radical (unpaired) electrons. The fraction of sp³-hybridized carbons (Fsp3) is 0.188. The highest BCUT2D eigenvalue weighted by atomic mass is 127. The van der Waals surface area contributed by atoms with Gasteiger partial charge in [-0.15, -0.1) is 0 Å². The minimum absolute atomic E-state index is 0.0407. The summed E-state index contributed by atoms with van der Waals surface area (Å²) in [6.07, 6.45) is 0. The van der Waals surface area contributed by atoms with Crippen LogP contribution in [0.3, 0.4) is 0 Å². The average molecular weight is 380 g/mol. The van der Waals surface area contributed by atoms with Crippen LogP contribution in [0, 0.1) is 10.5 Å². The van der Waals surface area contributed by atoms with E-state index in [2.05, 4.69) is 27.9 Å². The third-order valence-electron chi connectivity index (χ3n) is 3.15. The van der Waals surface area contributed by atoms with Crippen LogP contribution >= 0.6 is 22.6 Å². The fourth-order valence-electron chi connectivity index (χ4n) is 1.89. The van der Waals surface area contributed by atoms with Crippen molar-refractivity contribution in [3.63, 3.8) is 0 Å². The zero-order valence-electron chi connectivity index (χ0n) is 11.3. The van der Waals surface area contributed by atoms with Gasteiger partial charge in [0, 0.05) is 16.7 Å². The van der Waals surface area contributed by atoms with E-state index in [0.717, 1.165) is 25.8 Å². The molecular weight excluding hydrogens is 363 g/mol. The van der Waals surface area contributed by atoms with Gasteiger partial charge in [0.15, 0.2) is 0 Å². The lowest BCUT2D eigenvalue weighted by Crippen LogP contribution is -2.23. The largest absolute Gasteiger partial charge is 0.348 e. The highest BCUT2D eigenvalue weighted by Crippen LogP contribution is 2.16. The van der Waals surface area contributed by atoms with Crippen LogP contribution in [-0.2, 0) is 13.1 Å². The molecular formula is C16H17IN2O. The van der Waals surface area contributed by atoms with Crippen LogP contribution in [0.15, 0.2) is 42.5 Å². The van der Waals surface area contributed by atoms with Gasteiger partial charge in [-0.1, -0.05) is 36.4 Å². The molecule has 3 N–H and O–H groups in total. The number of hydrogen-bond donors (Lipinski definition) is 2. The SMILES string of the molecule is Cc1cccc(C(=O)NCc2ccc(CN)cc2)c1I. The topological polar surface area (TPSA) is 55.1 Å². The summed E-state index contributed by atoms with van der Waals surface area (Å²) in [6, 6.07) is 13.7. The van der Waals surface area contributed by atoms with Crippen molar-refractivity contribution in [3.05, 3.63) is 68.3 Å². The van der Waals surface area contributed by atoms with E-state index in [9.17, 15) is 4.79 Å². The molecule has 0 saturated carbocycles. The van der Waals surface area contributed by atoms with Gasteiger partial charge in [0.1, 0.15) is 0 Å². The number of amides is 1. The van der Waals surface area contributed by atoms with E-state index in [4.69, 9.17) is 5.73 Å². The van der Waals surface area contributed by atoms with Gasteiger partial charge in [-0.25, -0.2) is 0 Å². The Morgan fingerprint density at radius 2 is 1.80 bits per heavy atom. The number of benzene rings is 2. The number of aryl methyl sites for hydroxylation is 1. The maximum Gasteiger partial charge on any atom is 0.252 e. The summed E-state index contributed by atoms with van der Waals surface area (Å²) < 4.78 is 1.00. The summed E-state index contributed by atoms with van der Waals surface area (Å²) in [6.45, 7) is 3.06. The standard InChI is InChI=1S/C16H17IN2O/c1-11-3-2-4-14(15(11)17)16(20)19-10-13-7-5-12(9-18)6-8-13/h2-8H,9-10,18H2,1H3,(H,19,20). The van der Waals surface area contributed by atoms with Crippen molar-refractivity contribution in [1.29, 1.82) is 0 Å². The quantitative estimate of drug-likeness (QED) is 0.802. The van der Waals surface area contributed by atoms with Crippen LogP contribution in [0.4, 0.5) is 0 Å². The molecule has 20 heavy (non-hydrogen) atoms. The number of hydrogen-bond acceptors (Lipinski definition) is 2. The first-order valence-electron chi connectivity index (χ1n) is 6.43. The maximum absolute atomic E-state index is 12.2. The highest BCUT2D eigenvalue weighted by molar-refractivity contribution is 14.1. The van der Waals surface area contributed by atoms with Gasteiger partial charge in [0.05, 0.1) is 5.56 Å². The fourth-order valence-corrected chi connectivity index (χ4v) is 2.50. The third kappa shape index (κ3) is 3.58. The van der Waals surface area contributed by atoms with Crippen LogP contribution in [0.1, 0.15) is 27.0 Å². The molecule has 2 aromatic carbocycles. The Labute approximate surface area is 132 Å². The van der Waals surface area contributed by atoms with Crippen LogP contribution in [0.25, 0.3) is 0 Å². The molecule has 0 bridgehead atoms. The molecule has 0 fully saturated rings. The Morgan fingerprint density at radius 3 is 2.45 bits per heavy atom. The number of halogens is 1. The molecule has 0 unspecified atom stereocenters. The van der Waals surface area contributed by atoms with Crippen molar-refractivity contribution < 1.29 is 4.79 Å². The minimum atomic E-state index is -0.0407. The molecule has 1 amide bonds. The molecule has 0 spiro atoms. The molecule has 2 rings (SSSR count). The third-order valence-corrected chi connectivity index (χ3v) is 4.58. The Balaban J connectivity index is 2.02. The second-order valence-corrected chi connectivity index (χ2v) is 5.72. The van der Waals surface area contributed by atoms with Crippen LogP contribution < -0.4 is 11.1 Å². The molecule has 3 nitrogen and oxygen atoms in total. The van der Waals surface area contributed by atoms with Gasteiger partial charge in [-0.2, -0.15) is 0 Å². The van der Waals surface area contributed by atoms with E-state index in [1.54, 1.807) is 0 Å². The lowest BCUT2D eigenvalue weighted by Gasteiger charge is -2.09. The Kier molecular flexibility index (Phi) is 5.14. The average Bonchev–Trinajstić information content (AvgIpc) is 2.48. The summed E-state index contributed by atoms with van der Waals surface area (Å²) in [4.78, 5) is 12.2. The van der Waals surface area contributed by atoms with E-state index in [1.165, 1.54) is 0 Å². The Morgan fingerprint density at radius 1 is 1.15 bits per heavy atom. The van der Waals surface area contributed by atoms with E-state index in [0.29, 0.717) is 13.1 Å². The second-order valence-electron chi connectivity index (χ2n) is 4.64. The summed E-state index contributed by atoms with van der Waals surface area (Å²) in [5, 5.41) is 2.95. The minimum Gasteiger partial charge on any atom is -0.348 e. The van der Waals surface area contributed by atoms with E-state index >= 15 is 0 Å². The lowest BCUT2D eigenvalue weighted by molar-refractivity contribution is 0.0950. The second kappa shape index (κ2) is 6.85. The molecule has 0 aliphatic carbocycles. The smallest absolute Gasteiger partial charge is 0.252 e. The number of nitrogens with one attached hydrogen (secondary N) is 1. The summed E-state index contributed by atoms with van der Waals surface area (Å²) in [5.41, 5.74) is 9.56. The summed E-state index contributed by atoms with van der Waals surface area (Å²) in [5.74, 6) is -0.0407. The van der Waals surface area contributed by atoms with Gasteiger partial charge in [0.25, 0.3) is 5.91 Å². The zero-order chi connectivity index (χ0) is 14.5.